The molecule has 5 aliphatic rings. The van der Waals surface area contributed by atoms with Gasteiger partial charge in [0.15, 0.2) is 5.72 Å². The molecule has 0 radical (unpaired) electrons. The van der Waals surface area contributed by atoms with Crippen LogP contribution in [0, 0.1) is 5.92 Å². The number of amides is 1. The molecule has 4 heterocycles. The lowest BCUT2D eigenvalue weighted by Gasteiger charge is -2.39. The quantitative estimate of drug-likeness (QED) is 0.345. The van der Waals surface area contributed by atoms with Gasteiger partial charge in [-0.25, -0.2) is 4.79 Å². The Morgan fingerprint density at radius 1 is 1.29 bits per heavy atom. The molecule has 1 amide bonds. The van der Waals surface area contributed by atoms with Crippen molar-refractivity contribution in [1.82, 2.24) is 20.4 Å². The van der Waals surface area contributed by atoms with Crippen molar-refractivity contribution >= 4 is 17.7 Å². The molecule has 10 nitrogen and oxygen atoms in total. The van der Waals surface area contributed by atoms with Crippen LogP contribution in [0.4, 0.5) is 4.79 Å². The van der Waals surface area contributed by atoms with Crippen molar-refractivity contribution in [2.45, 2.75) is 37.6 Å². The molecule has 10 heteroatoms. The molecular weight excluding hydrogens is 402 g/mol. The first-order valence-electron chi connectivity index (χ1n) is 10.9. The van der Waals surface area contributed by atoms with Crippen molar-refractivity contribution < 1.29 is 23.9 Å². The van der Waals surface area contributed by atoms with Crippen LogP contribution in [0.25, 0.3) is 0 Å². The Labute approximate surface area is 180 Å². The summed E-state index contributed by atoms with van der Waals surface area (Å²) in [6.07, 6.45) is 1.47. The number of ether oxygens (including phenoxy) is 2. The summed E-state index contributed by atoms with van der Waals surface area (Å²) < 4.78 is 11.1. The molecule has 5 rings (SSSR count). The van der Waals surface area contributed by atoms with Crippen molar-refractivity contribution in [1.29, 1.82) is 0 Å². The Kier molecular flexibility index (Phi) is 4.83. The lowest BCUT2D eigenvalue weighted by Crippen LogP contribution is -2.55. The van der Waals surface area contributed by atoms with Gasteiger partial charge in [-0.05, 0) is 32.9 Å². The fourth-order valence-corrected chi connectivity index (χ4v) is 5.85. The van der Waals surface area contributed by atoms with Gasteiger partial charge < -0.3 is 35.6 Å². The molecule has 0 spiro atoms. The lowest BCUT2D eigenvalue weighted by molar-refractivity contribution is -0.137. The molecular formula is C21H29N5O5. The maximum absolute atomic E-state index is 13.6. The molecule has 4 N–H and O–H groups in total. The second kappa shape index (κ2) is 7.32. The van der Waals surface area contributed by atoms with Gasteiger partial charge in [0.2, 0.25) is 11.6 Å². The zero-order valence-corrected chi connectivity index (χ0v) is 17.9. The minimum Gasteiger partial charge on any atom is -0.449 e. The van der Waals surface area contributed by atoms with Gasteiger partial charge in [-0.15, -0.1) is 0 Å². The van der Waals surface area contributed by atoms with Gasteiger partial charge in [0.1, 0.15) is 6.61 Å². The van der Waals surface area contributed by atoms with Gasteiger partial charge in [0.25, 0.3) is 0 Å². The first-order chi connectivity index (χ1) is 14.9. The predicted molar refractivity (Wildman–Crippen MR) is 110 cm³/mol. The number of nitrogens with two attached hydrogens (primary N) is 1. The van der Waals surface area contributed by atoms with Crippen LogP contribution in [0.15, 0.2) is 22.5 Å². The lowest BCUT2D eigenvalue weighted by atomic mass is 9.82. The second-order valence-corrected chi connectivity index (χ2v) is 8.90. The number of piperazine rings is 1. The molecule has 0 aromatic heterocycles. The van der Waals surface area contributed by atoms with E-state index >= 15 is 0 Å². The van der Waals surface area contributed by atoms with Crippen molar-refractivity contribution in [3.8, 4) is 0 Å². The highest BCUT2D eigenvalue weighted by molar-refractivity contribution is 6.25. The molecule has 1 aliphatic carbocycles. The zero-order chi connectivity index (χ0) is 21.9. The summed E-state index contributed by atoms with van der Waals surface area (Å²) in [6, 6.07) is 0.134. The van der Waals surface area contributed by atoms with E-state index in [0.29, 0.717) is 35.6 Å². The van der Waals surface area contributed by atoms with Crippen LogP contribution in [-0.2, 0) is 19.1 Å². The molecule has 0 saturated carbocycles. The van der Waals surface area contributed by atoms with Crippen molar-refractivity contribution in [2.75, 3.05) is 46.4 Å². The fourth-order valence-electron chi connectivity index (χ4n) is 5.85. The standard InChI is InChI=1S/C21H29N5O5/c1-11-15(23-5-8-25-6-3-4-7-25)18(28)14-12(10-31-20(22)29)21(30-2)19-13(24-19)9-26(21)16(14)17(11)27/h12-13,19,23-24H,3-10H2,1-2H3,(H2,22,29)/t12-,13+,19+,21-/m0/s1. The third kappa shape index (κ3) is 2.92. The Bertz CT molecular complexity index is 908. The molecule has 0 bridgehead atoms. The number of carbonyl (C=O) groups is 3. The van der Waals surface area contributed by atoms with Crippen molar-refractivity contribution in [3.63, 3.8) is 0 Å². The van der Waals surface area contributed by atoms with Gasteiger partial charge in [0, 0.05) is 43.9 Å². The number of fused-ring (bicyclic) bond motifs is 4. The highest BCUT2D eigenvalue weighted by Crippen LogP contribution is 2.55. The van der Waals surface area contributed by atoms with Crippen LogP contribution in [0.1, 0.15) is 19.8 Å². The number of rotatable bonds is 7. The van der Waals surface area contributed by atoms with Crippen LogP contribution in [-0.4, -0.2) is 91.7 Å². The molecule has 3 saturated heterocycles. The van der Waals surface area contributed by atoms with Gasteiger partial charge in [-0.2, -0.15) is 0 Å². The van der Waals surface area contributed by atoms with E-state index in [0.717, 1.165) is 19.6 Å². The Balaban J connectivity index is 1.44. The minimum atomic E-state index is -0.943. The van der Waals surface area contributed by atoms with E-state index in [1.54, 1.807) is 14.0 Å². The third-order valence-electron chi connectivity index (χ3n) is 7.36. The number of carbonyl (C=O) groups excluding carboxylic acids is 3. The highest BCUT2D eigenvalue weighted by atomic mass is 16.6. The van der Waals surface area contributed by atoms with E-state index in [-0.39, 0.29) is 30.3 Å². The van der Waals surface area contributed by atoms with Gasteiger partial charge >= 0.3 is 6.09 Å². The third-order valence-corrected chi connectivity index (χ3v) is 7.36. The SMILES string of the molecule is CO[C@@]12[C@@H]3N[C@@H]3CN1C1=C(C(=O)C(NCCN3CCCC3)=C(C)C1=O)[C@@H]2COC(N)=O. The monoisotopic (exact) mass is 431 g/mol. The van der Waals surface area contributed by atoms with E-state index in [4.69, 9.17) is 15.2 Å². The first-order valence-corrected chi connectivity index (χ1v) is 10.9. The smallest absolute Gasteiger partial charge is 0.404 e. The van der Waals surface area contributed by atoms with E-state index in [9.17, 15) is 14.4 Å². The van der Waals surface area contributed by atoms with Crippen molar-refractivity contribution in [3.05, 3.63) is 22.5 Å². The number of hydrogen-bond acceptors (Lipinski definition) is 9. The largest absolute Gasteiger partial charge is 0.449 e. The summed E-state index contributed by atoms with van der Waals surface area (Å²) in [5.74, 6) is -1.01. The van der Waals surface area contributed by atoms with Crippen LogP contribution >= 0.6 is 0 Å². The number of methoxy groups -OCH3 is 1. The highest BCUT2D eigenvalue weighted by Gasteiger charge is 2.72. The molecule has 168 valence electrons. The van der Waals surface area contributed by atoms with E-state index in [1.807, 2.05) is 4.90 Å². The van der Waals surface area contributed by atoms with Gasteiger partial charge in [-0.3, -0.25) is 9.59 Å². The summed E-state index contributed by atoms with van der Waals surface area (Å²) >= 11 is 0. The van der Waals surface area contributed by atoms with Gasteiger partial charge in [-0.1, -0.05) is 0 Å². The number of likely N-dealkylation sites (tertiary alicyclic amines) is 1. The maximum atomic E-state index is 13.6. The fraction of sp³-hybridized carbons (Fsp3) is 0.667. The Morgan fingerprint density at radius 2 is 2.03 bits per heavy atom. The van der Waals surface area contributed by atoms with Crippen LogP contribution in [0.3, 0.4) is 0 Å². The Hall–Kier alpha value is -2.43. The minimum absolute atomic E-state index is 0.0444. The summed E-state index contributed by atoms with van der Waals surface area (Å²) in [5.41, 5.74) is 5.76. The summed E-state index contributed by atoms with van der Waals surface area (Å²) in [7, 11) is 1.57. The summed E-state index contributed by atoms with van der Waals surface area (Å²) in [5, 5.41) is 6.57. The van der Waals surface area contributed by atoms with E-state index < -0.39 is 17.7 Å². The number of nitrogens with one attached hydrogen (secondary N) is 2. The zero-order valence-electron chi connectivity index (χ0n) is 17.9. The topological polar surface area (TPSA) is 136 Å². The average molecular weight is 431 g/mol. The molecule has 4 atom stereocenters. The number of ketones is 2. The molecule has 3 fully saturated rings. The average Bonchev–Trinajstić information content (AvgIpc) is 3.11. The van der Waals surface area contributed by atoms with E-state index in [2.05, 4.69) is 15.5 Å². The maximum Gasteiger partial charge on any atom is 0.404 e. The Morgan fingerprint density at radius 3 is 2.71 bits per heavy atom. The first kappa shape index (κ1) is 20.5. The summed E-state index contributed by atoms with van der Waals surface area (Å²) in [6.45, 7) is 5.67. The number of nitrogens with zero attached hydrogens (tertiary/aromatic N) is 2. The molecule has 4 aliphatic heterocycles. The van der Waals surface area contributed by atoms with Crippen LogP contribution < -0.4 is 16.4 Å². The normalized spacial score (nSPS) is 34.3. The number of hydrogen-bond donors (Lipinski definition) is 3. The molecule has 0 aromatic rings. The van der Waals surface area contributed by atoms with Crippen LogP contribution in [0.2, 0.25) is 0 Å². The second-order valence-electron chi connectivity index (χ2n) is 8.90. The van der Waals surface area contributed by atoms with Crippen molar-refractivity contribution in [2.24, 2.45) is 11.7 Å². The number of Topliss-reactive ketones (excluding diaryl/α,β-unsaturated/α-hetero) is 2. The number of allylic oxidation sites excluding steroid dienone is 2. The number of primary amides is 1. The van der Waals surface area contributed by atoms with E-state index in [1.165, 1.54) is 12.8 Å². The van der Waals surface area contributed by atoms with Crippen LogP contribution in [0.5, 0.6) is 0 Å². The summed E-state index contributed by atoms with van der Waals surface area (Å²) in [4.78, 5) is 42.7. The predicted octanol–water partition coefficient (Wildman–Crippen LogP) is -0.924. The van der Waals surface area contributed by atoms with Gasteiger partial charge in [0.05, 0.1) is 23.4 Å². The molecule has 31 heavy (non-hydrogen) atoms. The molecule has 0 aromatic carbocycles. The molecule has 0 unspecified atom stereocenters.